The van der Waals surface area contributed by atoms with E-state index < -0.39 is 5.54 Å². The number of carbonyl (C=O) groups is 1. The van der Waals surface area contributed by atoms with Gasteiger partial charge in [-0.25, -0.2) is 4.79 Å². The number of aliphatic imine (C=N–C) groups is 1. The molecule has 0 heterocycles. The standard InChI is InChI=1S/C8H13NO2S/c1-3-5-8(4-2,7(11)12)9-6-10/h3-5H2,1-2H3,(H,11,12). The second kappa shape index (κ2) is 5.12. The fraction of sp³-hybridized carbons (Fsp3) is 0.750. The van der Waals surface area contributed by atoms with Crippen molar-refractivity contribution in [2.75, 3.05) is 0 Å². The quantitative estimate of drug-likeness (QED) is 0.405. The second-order valence-corrected chi connectivity index (χ2v) is 3.05. The summed E-state index contributed by atoms with van der Waals surface area (Å²) in [6, 6.07) is 0. The molecule has 0 spiro atoms. The lowest BCUT2D eigenvalue weighted by Gasteiger charge is -2.21. The Morgan fingerprint density at radius 3 is 2.42 bits per heavy atom. The first-order valence-electron chi connectivity index (χ1n) is 3.95. The van der Waals surface area contributed by atoms with Crippen LogP contribution in [0.5, 0.6) is 0 Å². The van der Waals surface area contributed by atoms with Gasteiger partial charge < -0.3 is 0 Å². The van der Waals surface area contributed by atoms with Crippen molar-refractivity contribution in [2.45, 2.75) is 38.6 Å². The third-order valence-corrected chi connectivity index (χ3v) is 2.32. The van der Waals surface area contributed by atoms with Crippen LogP contribution < -0.4 is 0 Å². The molecule has 0 aromatic carbocycles. The van der Waals surface area contributed by atoms with Crippen LogP contribution in [0.15, 0.2) is 4.99 Å². The van der Waals surface area contributed by atoms with Gasteiger partial charge >= 0.3 is 0 Å². The number of nitrogens with zero attached hydrogens (tertiary/aromatic N) is 1. The Hall–Kier alpha value is -0.600. The van der Waals surface area contributed by atoms with Gasteiger partial charge in [-0.05, 0) is 12.8 Å². The lowest BCUT2D eigenvalue weighted by Crippen LogP contribution is -2.32. The summed E-state index contributed by atoms with van der Waals surface area (Å²) in [7, 11) is 0. The van der Waals surface area contributed by atoms with Crippen molar-refractivity contribution in [3.63, 3.8) is 0 Å². The van der Waals surface area contributed by atoms with E-state index in [4.69, 9.17) is 0 Å². The number of carbonyl (C=O) groups excluding carboxylic acids is 2. The number of isocyanates is 1. The molecule has 0 aliphatic carbocycles. The highest BCUT2D eigenvalue weighted by Crippen LogP contribution is 2.24. The Bertz CT molecular complexity index is 207. The molecule has 0 N–H and O–H groups in total. The lowest BCUT2D eigenvalue weighted by atomic mass is 9.93. The van der Waals surface area contributed by atoms with Gasteiger partial charge in [-0.1, -0.05) is 20.3 Å². The van der Waals surface area contributed by atoms with Crippen LogP contribution in [0.25, 0.3) is 0 Å². The first-order chi connectivity index (χ1) is 5.63. The third-order valence-electron chi connectivity index (χ3n) is 1.91. The average molecular weight is 187 g/mol. The van der Waals surface area contributed by atoms with Gasteiger partial charge in [-0.15, -0.1) is 12.6 Å². The summed E-state index contributed by atoms with van der Waals surface area (Å²) in [6.07, 6.45) is 3.28. The number of hydrogen-bond acceptors (Lipinski definition) is 3. The van der Waals surface area contributed by atoms with Crippen LogP contribution in [0.1, 0.15) is 33.1 Å². The van der Waals surface area contributed by atoms with Crippen LogP contribution >= 0.6 is 12.6 Å². The molecule has 0 aliphatic heterocycles. The fourth-order valence-corrected chi connectivity index (χ4v) is 1.44. The van der Waals surface area contributed by atoms with Crippen molar-refractivity contribution in [3.8, 4) is 0 Å². The molecule has 4 heteroatoms. The van der Waals surface area contributed by atoms with Gasteiger partial charge in [-0.3, -0.25) is 4.79 Å². The van der Waals surface area contributed by atoms with E-state index >= 15 is 0 Å². The highest BCUT2D eigenvalue weighted by molar-refractivity contribution is 7.96. The smallest absolute Gasteiger partial charge is 0.236 e. The Morgan fingerprint density at radius 1 is 1.58 bits per heavy atom. The van der Waals surface area contributed by atoms with Crippen LogP contribution in [-0.2, 0) is 9.59 Å². The molecule has 68 valence electrons. The van der Waals surface area contributed by atoms with Crippen LogP contribution in [0, 0.1) is 0 Å². The van der Waals surface area contributed by atoms with E-state index in [-0.39, 0.29) is 5.12 Å². The molecule has 0 radical (unpaired) electrons. The average Bonchev–Trinajstić information content (AvgIpc) is 2.03. The maximum atomic E-state index is 11.1. The number of thiol groups is 1. The van der Waals surface area contributed by atoms with Crippen LogP contribution in [-0.4, -0.2) is 16.7 Å². The molecule has 12 heavy (non-hydrogen) atoms. The number of rotatable bonds is 5. The van der Waals surface area contributed by atoms with Gasteiger partial charge in [0, 0.05) is 0 Å². The Morgan fingerprint density at radius 2 is 2.17 bits per heavy atom. The van der Waals surface area contributed by atoms with Gasteiger partial charge in [0.25, 0.3) is 0 Å². The van der Waals surface area contributed by atoms with E-state index in [2.05, 4.69) is 17.6 Å². The van der Waals surface area contributed by atoms with E-state index in [0.29, 0.717) is 12.8 Å². The Kier molecular flexibility index (Phi) is 4.86. The number of hydrogen-bond donors (Lipinski definition) is 1. The minimum Gasteiger partial charge on any atom is -0.285 e. The zero-order chi connectivity index (χ0) is 9.61. The third kappa shape index (κ3) is 2.47. The van der Waals surface area contributed by atoms with E-state index in [1.165, 1.54) is 6.08 Å². The molecule has 0 aromatic heterocycles. The summed E-state index contributed by atoms with van der Waals surface area (Å²) in [5, 5.41) is -0.352. The summed E-state index contributed by atoms with van der Waals surface area (Å²) in [5.41, 5.74) is -0.931. The van der Waals surface area contributed by atoms with Crippen molar-refractivity contribution >= 4 is 23.8 Å². The van der Waals surface area contributed by atoms with Gasteiger partial charge in [0.05, 0.1) is 0 Å². The van der Waals surface area contributed by atoms with Gasteiger partial charge in [0.1, 0.15) is 5.54 Å². The Balaban J connectivity index is 4.74. The van der Waals surface area contributed by atoms with Crippen molar-refractivity contribution in [3.05, 3.63) is 0 Å². The van der Waals surface area contributed by atoms with Gasteiger partial charge in [0.2, 0.25) is 11.2 Å². The minimum absolute atomic E-state index is 0.352. The predicted octanol–water partition coefficient (Wildman–Crippen LogP) is 1.73. The monoisotopic (exact) mass is 187 g/mol. The maximum Gasteiger partial charge on any atom is 0.236 e. The van der Waals surface area contributed by atoms with E-state index in [1.807, 2.05) is 13.8 Å². The zero-order valence-corrected chi connectivity index (χ0v) is 8.23. The van der Waals surface area contributed by atoms with Crippen LogP contribution in [0.3, 0.4) is 0 Å². The zero-order valence-electron chi connectivity index (χ0n) is 7.33. The molecule has 0 saturated heterocycles. The molecule has 3 nitrogen and oxygen atoms in total. The topological polar surface area (TPSA) is 46.5 Å². The Labute approximate surface area is 77.7 Å². The highest BCUT2D eigenvalue weighted by atomic mass is 32.1. The molecular weight excluding hydrogens is 174 g/mol. The molecule has 1 atom stereocenters. The van der Waals surface area contributed by atoms with Crippen LogP contribution in [0.4, 0.5) is 0 Å². The highest BCUT2D eigenvalue weighted by Gasteiger charge is 2.32. The molecule has 0 amide bonds. The van der Waals surface area contributed by atoms with Crippen molar-refractivity contribution in [1.82, 2.24) is 0 Å². The molecule has 0 saturated carbocycles. The summed E-state index contributed by atoms with van der Waals surface area (Å²) in [4.78, 5) is 24.7. The van der Waals surface area contributed by atoms with Crippen molar-refractivity contribution < 1.29 is 9.59 Å². The van der Waals surface area contributed by atoms with Crippen molar-refractivity contribution in [1.29, 1.82) is 0 Å². The SMILES string of the molecule is CCCC(CC)(N=C=O)C(=O)S. The largest absolute Gasteiger partial charge is 0.285 e. The minimum atomic E-state index is -0.931. The molecule has 0 aromatic rings. The van der Waals surface area contributed by atoms with E-state index in [1.54, 1.807) is 0 Å². The van der Waals surface area contributed by atoms with Gasteiger partial charge in [-0.2, -0.15) is 4.99 Å². The van der Waals surface area contributed by atoms with Crippen molar-refractivity contribution in [2.24, 2.45) is 4.99 Å². The molecule has 0 rings (SSSR count). The summed E-state index contributed by atoms with van der Waals surface area (Å²) >= 11 is 3.72. The lowest BCUT2D eigenvalue weighted by molar-refractivity contribution is -0.115. The maximum absolute atomic E-state index is 11.1. The second-order valence-electron chi connectivity index (χ2n) is 2.64. The first-order valence-corrected chi connectivity index (χ1v) is 4.40. The molecule has 0 aliphatic rings. The molecule has 0 fully saturated rings. The van der Waals surface area contributed by atoms with Gasteiger partial charge in [0.15, 0.2) is 0 Å². The molecular formula is C8H13NO2S. The summed E-state index contributed by atoms with van der Waals surface area (Å²) in [5.74, 6) is 0. The predicted molar refractivity (Wildman–Crippen MR) is 50.0 cm³/mol. The molecule has 1 unspecified atom stereocenters. The first kappa shape index (κ1) is 11.4. The normalized spacial score (nSPS) is 14.6. The fourth-order valence-electron chi connectivity index (χ4n) is 1.12. The van der Waals surface area contributed by atoms with Crippen LogP contribution in [0.2, 0.25) is 0 Å². The summed E-state index contributed by atoms with van der Waals surface area (Å²) < 4.78 is 0. The molecule has 0 bridgehead atoms. The van der Waals surface area contributed by atoms with E-state index in [0.717, 1.165) is 6.42 Å². The summed E-state index contributed by atoms with van der Waals surface area (Å²) in [6.45, 7) is 3.74. The van der Waals surface area contributed by atoms with E-state index in [9.17, 15) is 9.59 Å².